The summed E-state index contributed by atoms with van der Waals surface area (Å²) in [5.74, 6) is -2.24. The maximum atomic E-state index is 12.1. The molecule has 1 fully saturated rings. The molecule has 1 unspecified atom stereocenters. The fourth-order valence-corrected chi connectivity index (χ4v) is 2.33. The predicted octanol–water partition coefficient (Wildman–Crippen LogP) is 1.24. The molecule has 0 heterocycles. The molecule has 1 aromatic carbocycles. The minimum Gasteiger partial charge on any atom is -0.398 e. The smallest absolute Gasteiger partial charge is 0.183 e. The van der Waals surface area contributed by atoms with Gasteiger partial charge in [-0.1, -0.05) is 12.1 Å². The van der Waals surface area contributed by atoms with Crippen molar-refractivity contribution in [3.63, 3.8) is 0 Å². The van der Waals surface area contributed by atoms with Gasteiger partial charge in [-0.3, -0.25) is 14.4 Å². The Morgan fingerprint density at radius 2 is 1.88 bits per heavy atom. The molecule has 1 atom stereocenters. The van der Waals surface area contributed by atoms with Gasteiger partial charge in [0.15, 0.2) is 17.3 Å². The third kappa shape index (κ3) is 1.33. The molecule has 2 N–H and O–H groups in total. The van der Waals surface area contributed by atoms with E-state index in [0.29, 0.717) is 5.56 Å². The number of nitrogen functional groups attached to an aromatic ring is 1. The number of benzene rings is 1. The average molecular weight is 229 g/mol. The molecular weight excluding hydrogens is 218 g/mol. The van der Waals surface area contributed by atoms with Crippen LogP contribution in [0.2, 0.25) is 0 Å². The van der Waals surface area contributed by atoms with Crippen molar-refractivity contribution < 1.29 is 14.4 Å². The van der Waals surface area contributed by atoms with Crippen molar-refractivity contribution in [3.8, 4) is 0 Å². The van der Waals surface area contributed by atoms with Crippen molar-refractivity contribution in [1.29, 1.82) is 0 Å². The zero-order chi connectivity index (χ0) is 12.2. The van der Waals surface area contributed by atoms with Gasteiger partial charge in [-0.2, -0.15) is 0 Å². The Morgan fingerprint density at radius 1 is 1.18 bits per heavy atom. The van der Waals surface area contributed by atoms with Crippen LogP contribution in [-0.2, 0) is 4.79 Å². The third-order valence-electron chi connectivity index (χ3n) is 3.40. The van der Waals surface area contributed by atoms with E-state index >= 15 is 0 Å². The van der Waals surface area contributed by atoms with E-state index in [4.69, 9.17) is 5.73 Å². The highest BCUT2D eigenvalue weighted by Crippen LogP contribution is 2.38. The maximum Gasteiger partial charge on any atom is 0.183 e. The number of hydrogen-bond acceptors (Lipinski definition) is 4. The summed E-state index contributed by atoms with van der Waals surface area (Å²) in [5.41, 5.74) is 6.51. The molecule has 2 aliphatic rings. The molecule has 4 nitrogen and oxygen atoms in total. The molecule has 0 amide bonds. The zero-order valence-electron chi connectivity index (χ0n) is 9.10. The lowest BCUT2D eigenvalue weighted by Crippen LogP contribution is -2.26. The van der Waals surface area contributed by atoms with Gasteiger partial charge in [0.25, 0.3) is 0 Å². The van der Waals surface area contributed by atoms with Crippen LogP contribution in [0.1, 0.15) is 33.6 Å². The summed E-state index contributed by atoms with van der Waals surface area (Å²) in [4.78, 5) is 36.0. The number of ketones is 3. The van der Waals surface area contributed by atoms with Crippen molar-refractivity contribution in [2.24, 2.45) is 11.8 Å². The molecule has 2 aliphatic carbocycles. The molecule has 0 aliphatic heterocycles. The van der Waals surface area contributed by atoms with Crippen LogP contribution in [0, 0.1) is 11.8 Å². The Kier molecular flexibility index (Phi) is 1.96. The van der Waals surface area contributed by atoms with Gasteiger partial charge in [0, 0.05) is 17.2 Å². The number of hydrogen-bond donors (Lipinski definition) is 1. The highest BCUT2D eigenvalue weighted by atomic mass is 16.2. The second kappa shape index (κ2) is 3.26. The van der Waals surface area contributed by atoms with E-state index in [1.165, 1.54) is 0 Å². The zero-order valence-corrected chi connectivity index (χ0v) is 9.10. The number of anilines is 1. The fraction of sp³-hybridized carbons (Fsp3) is 0.308. The van der Waals surface area contributed by atoms with Crippen LogP contribution in [0.3, 0.4) is 0 Å². The maximum absolute atomic E-state index is 12.1. The summed E-state index contributed by atoms with van der Waals surface area (Å²) in [6.07, 6.45) is 1.59. The van der Waals surface area contributed by atoms with Gasteiger partial charge in [-0.25, -0.2) is 0 Å². The Balaban J connectivity index is 2.08. The number of Topliss-reactive ketones (excluding diaryl/α,β-unsaturated/α-hetero) is 3. The van der Waals surface area contributed by atoms with Gasteiger partial charge in [-0.15, -0.1) is 0 Å². The lowest BCUT2D eigenvalue weighted by molar-refractivity contribution is -0.121. The standard InChI is InChI=1S/C13H11NO3/c14-8-3-1-2-7-9(8)13(17)10(12(7)16)11(15)6-4-5-6/h1-3,6,10H,4-5,14H2. The normalized spacial score (nSPS) is 22.7. The van der Waals surface area contributed by atoms with Crippen molar-refractivity contribution in [2.45, 2.75) is 12.8 Å². The first-order chi connectivity index (χ1) is 8.11. The molecule has 1 aromatic rings. The first-order valence-electron chi connectivity index (χ1n) is 5.62. The molecule has 86 valence electrons. The van der Waals surface area contributed by atoms with Gasteiger partial charge in [0.2, 0.25) is 0 Å². The fourth-order valence-electron chi connectivity index (χ4n) is 2.33. The number of nitrogens with two attached hydrogens (primary N) is 1. The summed E-state index contributed by atoms with van der Waals surface area (Å²) in [6, 6.07) is 4.77. The highest BCUT2D eigenvalue weighted by Gasteiger charge is 2.48. The van der Waals surface area contributed by atoms with Crippen LogP contribution in [-0.4, -0.2) is 17.3 Å². The number of rotatable bonds is 2. The lowest BCUT2D eigenvalue weighted by Gasteiger charge is -2.03. The first-order valence-corrected chi connectivity index (χ1v) is 5.62. The summed E-state index contributed by atoms with van der Waals surface area (Å²) >= 11 is 0. The van der Waals surface area contributed by atoms with E-state index in [1.54, 1.807) is 18.2 Å². The second-order valence-corrected chi connectivity index (χ2v) is 4.61. The minimum absolute atomic E-state index is 0.0940. The van der Waals surface area contributed by atoms with Crippen LogP contribution < -0.4 is 5.73 Å². The quantitative estimate of drug-likeness (QED) is 0.611. The molecule has 1 saturated carbocycles. The van der Waals surface area contributed by atoms with E-state index in [2.05, 4.69) is 0 Å². The molecule has 0 bridgehead atoms. The monoisotopic (exact) mass is 229 g/mol. The number of carbonyl (C=O) groups excluding carboxylic acids is 3. The van der Waals surface area contributed by atoms with Gasteiger partial charge in [-0.05, 0) is 18.9 Å². The largest absolute Gasteiger partial charge is 0.398 e. The summed E-state index contributed by atoms with van der Waals surface area (Å²) in [6.45, 7) is 0. The molecule has 0 spiro atoms. The van der Waals surface area contributed by atoms with Crippen molar-refractivity contribution in [1.82, 2.24) is 0 Å². The lowest BCUT2D eigenvalue weighted by atomic mass is 9.95. The van der Waals surface area contributed by atoms with Crippen LogP contribution in [0.4, 0.5) is 5.69 Å². The van der Waals surface area contributed by atoms with E-state index in [1.807, 2.05) is 0 Å². The highest BCUT2D eigenvalue weighted by molar-refractivity contribution is 6.37. The van der Waals surface area contributed by atoms with Crippen LogP contribution in [0.15, 0.2) is 18.2 Å². The van der Waals surface area contributed by atoms with E-state index in [-0.39, 0.29) is 28.7 Å². The summed E-state index contributed by atoms with van der Waals surface area (Å²) < 4.78 is 0. The SMILES string of the molecule is Nc1cccc2c1C(=O)C(C(=O)C1CC1)C2=O. The van der Waals surface area contributed by atoms with Gasteiger partial charge < -0.3 is 5.73 Å². The Morgan fingerprint density at radius 3 is 2.47 bits per heavy atom. The third-order valence-corrected chi connectivity index (χ3v) is 3.40. The van der Waals surface area contributed by atoms with E-state index in [0.717, 1.165) is 12.8 Å². The van der Waals surface area contributed by atoms with Crippen LogP contribution in [0.5, 0.6) is 0 Å². The number of carbonyl (C=O) groups is 3. The molecule has 3 rings (SSSR count). The molecule has 17 heavy (non-hydrogen) atoms. The van der Waals surface area contributed by atoms with Crippen molar-refractivity contribution >= 4 is 23.0 Å². The molecule has 0 aromatic heterocycles. The minimum atomic E-state index is -1.12. The van der Waals surface area contributed by atoms with Gasteiger partial charge in [0.05, 0.1) is 5.56 Å². The molecular formula is C13H11NO3. The Labute approximate surface area is 97.8 Å². The molecule has 4 heteroatoms. The van der Waals surface area contributed by atoms with E-state index in [9.17, 15) is 14.4 Å². The summed E-state index contributed by atoms with van der Waals surface area (Å²) in [5, 5.41) is 0. The van der Waals surface area contributed by atoms with Crippen LogP contribution >= 0.6 is 0 Å². The number of fused-ring (bicyclic) bond motifs is 1. The van der Waals surface area contributed by atoms with Crippen molar-refractivity contribution in [2.75, 3.05) is 5.73 Å². The molecule has 0 saturated heterocycles. The van der Waals surface area contributed by atoms with Gasteiger partial charge >= 0.3 is 0 Å². The van der Waals surface area contributed by atoms with Gasteiger partial charge in [0.1, 0.15) is 5.92 Å². The Bertz CT molecular complexity index is 558. The first kappa shape index (κ1) is 10.2. The van der Waals surface area contributed by atoms with E-state index < -0.39 is 11.7 Å². The topological polar surface area (TPSA) is 77.2 Å². The average Bonchev–Trinajstić information content (AvgIpc) is 3.08. The predicted molar refractivity (Wildman–Crippen MR) is 60.7 cm³/mol. The second-order valence-electron chi connectivity index (χ2n) is 4.61. The Hall–Kier alpha value is -1.97. The van der Waals surface area contributed by atoms with Crippen LogP contribution in [0.25, 0.3) is 0 Å². The molecule has 0 radical (unpaired) electrons. The summed E-state index contributed by atoms with van der Waals surface area (Å²) in [7, 11) is 0. The van der Waals surface area contributed by atoms with Crippen molar-refractivity contribution in [3.05, 3.63) is 29.3 Å².